The van der Waals surface area contributed by atoms with Gasteiger partial charge in [0.15, 0.2) is 6.61 Å². The van der Waals surface area contributed by atoms with Crippen molar-refractivity contribution < 1.29 is 14.3 Å². The molecule has 0 aliphatic heterocycles. The van der Waals surface area contributed by atoms with Crippen LogP contribution < -0.4 is 5.32 Å². The van der Waals surface area contributed by atoms with Gasteiger partial charge in [-0.25, -0.2) is 4.79 Å². The molecule has 154 valence electrons. The van der Waals surface area contributed by atoms with Crippen molar-refractivity contribution in [1.29, 1.82) is 0 Å². The minimum atomic E-state index is -0.618. The fourth-order valence-electron chi connectivity index (χ4n) is 2.84. The van der Waals surface area contributed by atoms with Crippen molar-refractivity contribution in [2.75, 3.05) is 11.9 Å². The highest BCUT2D eigenvalue weighted by Crippen LogP contribution is 2.32. The molecular weight excluding hydrogens is 409 g/mol. The van der Waals surface area contributed by atoms with Crippen LogP contribution in [0.25, 0.3) is 6.08 Å². The Morgan fingerprint density at radius 2 is 1.62 bits per heavy atom. The number of hydrogen-bond acceptors (Lipinski definition) is 3. The van der Waals surface area contributed by atoms with E-state index in [9.17, 15) is 9.59 Å². The Balaban J connectivity index is 2.00. The molecule has 0 aliphatic rings. The quantitative estimate of drug-likeness (QED) is 0.403. The van der Waals surface area contributed by atoms with E-state index in [1.165, 1.54) is 6.08 Å². The van der Waals surface area contributed by atoms with Crippen LogP contribution in [0.2, 0.25) is 10.0 Å². The van der Waals surface area contributed by atoms with Crippen molar-refractivity contribution in [2.24, 2.45) is 0 Å². The molecule has 29 heavy (non-hydrogen) atoms. The monoisotopic (exact) mass is 433 g/mol. The largest absolute Gasteiger partial charge is 0.452 e. The van der Waals surface area contributed by atoms with Crippen LogP contribution in [-0.4, -0.2) is 18.5 Å². The summed E-state index contributed by atoms with van der Waals surface area (Å²) in [5.41, 5.74) is 3.60. The molecule has 0 aliphatic carbocycles. The average Bonchev–Trinajstić information content (AvgIpc) is 2.67. The summed E-state index contributed by atoms with van der Waals surface area (Å²) in [6.07, 6.45) is 2.79. The molecule has 0 saturated carbocycles. The van der Waals surface area contributed by atoms with E-state index in [1.54, 1.807) is 24.3 Å². The zero-order valence-electron chi connectivity index (χ0n) is 17.0. The number of ether oxygens (including phenoxy) is 1. The van der Waals surface area contributed by atoms with E-state index in [-0.39, 0.29) is 24.3 Å². The summed E-state index contributed by atoms with van der Waals surface area (Å²) in [5, 5.41) is 3.74. The van der Waals surface area contributed by atoms with Crippen LogP contribution in [0.4, 0.5) is 5.69 Å². The van der Waals surface area contributed by atoms with E-state index < -0.39 is 5.97 Å². The van der Waals surface area contributed by atoms with Crippen molar-refractivity contribution >= 4 is 46.8 Å². The summed E-state index contributed by atoms with van der Waals surface area (Å²) in [7, 11) is 0. The molecule has 0 atom stereocenters. The lowest BCUT2D eigenvalue weighted by molar-refractivity contribution is -0.142. The molecule has 0 aromatic heterocycles. The van der Waals surface area contributed by atoms with Crippen LogP contribution in [-0.2, 0) is 14.3 Å². The average molecular weight is 434 g/mol. The molecule has 1 amide bonds. The van der Waals surface area contributed by atoms with Crippen molar-refractivity contribution in [3.63, 3.8) is 0 Å². The third-order valence-corrected chi connectivity index (χ3v) is 5.08. The van der Waals surface area contributed by atoms with Gasteiger partial charge in [-0.15, -0.1) is 0 Å². The highest BCUT2D eigenvalue weighted by atomic mass is 35.5. The summed E-state index contributed by atoms with van der Waals surface area (Å²) in [5.74, 6) is -0.495. The van der Waals surface area contributed by atoms with Crippen molar-refractivity contribution in [1.82, 2.24) is 0 Å². The Bertz CT molecular complexity index is 894. The Morgan fingerprint density at radius 1 is 1.00 bits per heavy atom. The van der Waals surface area contributed by atoms with Crippen molar-refractivity contribution in [2.45, 2.75) is 39.5 Å². The molecule has 4 nitrogen and oxygen atoms in total. The van der Waals surface area contributed by atoms with Gasteiger partial charge < -0.3 is 10.1 Å². The molecule has 0 radical (unpaired) electrons. The summed E-state index contributed by atoms with van der Waals surface area (Å²) in [6, 6.07) is 11.0. The first kappa shape index (κ1) is 23.0. The van der Waals surface area contributed by atoms with Gasteiger partial charge in [0, 0.05) is 11.8 Å². The maximum Gasteiger partial charge on any atom is 0.331 e. The van der Waals surface area contributed by atoms with Crippen molar-refractivity contribution in [3.05, 3.63) is 69.2 Å². The van der Waals surface area contributed by atoms with E-state index in [2.05, 4.69) is 33.0 Å². The number of esters is 1. The molecule has 0 spiro atoms. The first-order valence-electron chi connectivity index (χ1n) is 9.41. The first-order valence-corrected chi connectivity index (χ1v) is 10.2. The van der Waals surface area contributed by atoms with Gasteiger partial charge in [0.2, 0.25) is 0 Å². The zero-order valence-corrected chi connectivity index (χ0v) is 18.5. The number of rotatable bonds is 7. The molecule has 6 heteroatoms. The maximum absolute atomic E-state index is 12.4. The predicted octanol–water partition coefficient (Wildman–Crippen LogP) is 6.44. The number of amides is 1. The topological polar surface area (TPSA) is 55.4 Å². The lowest BCUT2D eigenvalue weighted by atomic mass is 9.92. The normalized spacial score (nSPS) is 11.3. The fraction of sp³-hybridized carbons (Fsp3) is 0.304. The standard InChI is InChI=1S/C23H25Cl2NO3/c1-14(2)17-6-5-7-18(15(3)4)23(17)26-21(27)13-29-22(28)11-9-16-8-10-19(24)20(25)12-16/h5-12,14-15H,13H2,1-4H3,(H,26,27). The number of benzene rings is 2. The van der Waals surface area contributed by atoms with Crippen LogP contribution in [0.5, 0.6) is 0 Å². The number of nitrogens with one attached hydrogen (secondary N) is 1. The lowest BCUT2D eigenvalue weighted by Gasteiger charge is -2.20. The Hall–Kier alpha value is -2.30. The highest BCUT2D eigenvalue weighted by molar-refractivity contribution is 6.42. The third-order valence-electron chi connectivity index (χ3n) is 4.34. The molecule has 0 saturated heterocycles. The van der Waals surface area contributed by atoms with Crippen LogP contribution in [0.1, 0.15) is 56.2 Å². The van der Waals surface area contributed by atoms with E-state index in [0.717, 1.165) is 16.8 Å². The first-order chi connectivity index (χ1) is 13.7. The molecule has 0 bridgehead atoms. The smallest absolute Gasteiger partial charge is 0.331 e. The van der Waals surface area contributed by atoms with E-state index in [0.29, 0.717) is 15.6 Å². The number of anilines is 1. The van der Waals surface area contributed by atoms with E-state index >= 15 is 0 Å². The maximum atomic E-state index is 12.4. The number of carbonyl (C=O) groups excluding carboxylic acids is 2. The Labute approximate surface area is 181 Å². The molecule has 0 unspecified atom stereocenters. The summed E-state index contributed by atoms with van der Waals surface area (Å²) in [6.45, 7) is 7.92. The van der Waals surface area contributed by atoms with Crippen LogP contribution in [0.15, 0.2) is 42.5 Å². The number of para-hydroxylation sites is 1. The Kier molecular flexibility index (Phi) is 8.30. The van der Waals surface area contributed by atoms with Gasteiger partial charge in [-0.3, -0.25) is 4.79 Å². The minimum Gasteiger partial charge on any atom is -0.452 e. The van der Waals surface area contributed by atoms with Crippen LogP contribution in [0.3, 0.4) is 0 Å². The minimum absolute atomic E-state index is 0.251. The SMILES string of the molecule is CC(C)c1cccc(C(C)C)c1NC(=O)COC(=O)C=Cc1ccc(Cl)c(Cl)c1. The van der Waals surface area contributed by atoms with E-state index in [1.807, 2.05) is 18.2 Å². The summed E-state index contributed by atoms with van der Waals surface area (Å²) < 4.78 is 5.06. The fourth-order valence-corrected chi connectivity index (χ4v) is 3.14. The zero-order chi connectivity index (χ0) is 21.6. The van der Waals surface area contributed by atoms with Gasteiger partial charge in [0.1, 0.15) is 0 Å². The van der Waals surface area contributed by atoms with Gasteiger partial charge in [-0.05, 0) is 46.7 Å². The summed E-state index contributed by atoms with van der Waals surface area (Å²) in [4.78, 5) is 24.3. The second-order valence-corrected chi connectivity index (χ2v) is 8.10. The Morgan fingerprint density at radius 3 is 2.17 bits per heavy atom. The van der Waals surface area contributed by atoms with Gasteiger partial charge in [0.25, 0.3) is 5.91 Å². The molecule has 2 aromatic carbocycles. The number of halogens is 2. The molecular formula is C23H25Cl2NO3. The molecule has 1 N–H and O–H groups in total. The van der Waals surface area contributed by atoms with Gasteiger partial charge in [-0.2, -0.15) is 0 Å². The molecule has 0 fully saturated rings. The third kappa shape index (κ3) is 6.62. The van der Waals surface area contributed by atoms with Crippen LogP contribution in [0, 0.1) is 0 Å². The van der Waals surface area contributed by atoms with Gasteiger partial charge in [-0.1, -0.05) is 75.2 Å². The highest BCUT2D eigenvalue weighted by Gasteiger charge is 2.16. The molecule has 2 rings (SSSR count). The summed E-state index contributed by atoms with van der Waals surface area (Å²) >= 11 is 11.8. The number of hydrogen-bond donors (Lipinski definition) is 1. The lowest BCUT2D eigenvalue weighted by Crippen LogP contribution is -2.22. The molecule has 0 heterocycles. The van der Waals surface area contributed by atoms with Crippen molar-refractivity contribution in [3.8, 4) is 0 Å². The predicted molar refractivity (Wildman–Crippen MR) is 120 cm³/mol. The number of carbonyl (C=O) groups is 2. The van der Waals surface area contributed by atoms with Crippen LogP contribution >= 0.6 is 23.2 Å². The van der Waals surface area contributed by atoms with Gasteiger partial charge in [0.05, 0.1) is 10.0 Å². The second-order valence-electron chi connectivity index (χ2n) is 7.28. The van der Waals surface area contributed by atoms with E-state index in [4.69, 9.17) is 27.9 Å². The van der Waals surface area contributed by atoms with Gasteiger partial charge >= 0.3 is 5.97 Å². The second kappa shape index (κ2) is 10.5. The molecule has 2 aromatic rings.